The fraction of sp³-hybridized carbons (Fsp3) is 0.696. The number of halogens is 1. The van der Waals surface area contributed by atoms with Crippen LogP contribution in [-0.2, 0) is 0 Å². The normalized spacial score (nSPS) is 22.1. The Morgan fingerprint density at radius 2 is 1.83 bits per heavy atom. The highest BCUT2D eigenvalue weighted by atomic mass is 127. The Hall–Kier alpha value is -0.860. The molecule has 29 heavy (non-hydrogen) atoms. The van der Waals surface area contributed by atoms with E-state index in [0.29, 0.717) is 6.04 Å². The van der Waals surface area contributed by atoms with Crippen molar-refractivity contribution in [3.63, 3.8) is 0 Å². The Morgan fingerprint density at radius 1 is 1.07 bits per heavy atom. The second-order valence-electron chi connectivity index (χ2n) is 8.17. The molecule has 2 N–H and O–H groups in total. The summed E-state index contributed by atoms with van der Waals surface area (Å²) >= 11 is 0. The van der Waals surface area contributed by atoms with Crippen LogP contribution >= 0.6 is 24.0 Å². The first kappa shape index (κ1) is 24.4. The molecular formula is C23H40IN5. The molecule has 1 aromatic carbocycles. The van der Waals surface area contributed by atoms with Crippen LogP contribution in [0.25, 0.3) is 0 Å². The van der Waals surface area contributed by atoms with Gasteiger partial charge in [0, 0.05) is 19.6 Å². The summed E-state index contributed by atoms with van der Waals surface area (Å²) in [6, 6.07) is 11.3. The van der Waals surface area contributed by atoms with Crippen molar-refractivity contribution in [1.82, 2.24) is 20.4 Å². The molecule has 6 heteroatoms. The maximum Gasteiger partial charge on any atom is 0.191 e. The lowest BCUT2D eigenvalue weighted by atomic mass is 9.98. The summed E-state index contributed by atoms with van der Waals surface area (Å²) < 4.78 is 0. The van der Waals surface area contributed by atoms with E-state index in [1.54, 1.807) is 0 Å². The molecule has 164 valence electrons. The van der Waals surface area contributed by atoms with Crippen LogP contribution in [0.2, 0.25) is 0 Å². The fourth-order valence-corrected chi connectivity index (χ4v) is 4.53. The lowest BCUT2D eigenvalue weighted by Crippen LogP contribution is -2.44. The Balaban J connectivity index is 0.00000300. The van der Waals surface area contributed by atoms with Crippen molar-refractivity contribution in [3.05, 3.63) is 35.9 Å². The van der Waals surface area contributed by atoms with Gasteiger partial charge in [0.2, 0.25) is 0 Å². The number of hydrogen-bond acceptors (Lipinski definition) is 3. The molecule has 2 aliphatic heterocycles. The van der Waals surface area contributed by atoms with Crippen molar-refractivity contribution >= 4 is 29.9 Å². The van der Waals surface area contributed by atoms with E-state index < -0.39 is 0 Å². The van der Waals surface area contributed by atoms with E-state index in [4.69, 9.17) is 4.99 Å². The topological polar surface area (TPSA) is 42.9 Å². The highest BCUT2D eigenvalue weighted by molar-refractivity contribution is 14.0. The highest BCUT2D eigenvalue weighted by Gasteiger charge is 2.23. The van der Waals surface area contributed by atoms with Gasteiger partial charge in [0.1, 0.15) is 0 Å². The molecule has 3 rings (SSSR count). The van der Waals surface area contributed by atoms with Crippen molar-refractivity contribution in [2.24, 2.45) is 10.9 Å². The van der Waals surface area contributed by atoms with Crippen LogP contribution in [-0.4, -0.2) is 68.1 Å². The zero-order valence-corrected chi connectivity index (χ0v) is 20.6. The molecule has 0 aromatic heterocycles. The summed E-state index contributed by atoms with van der Waals surface area (Å²) in [6.07, 6.45) is 5.25. The Labute approximate surface area is 194 Å². The minimum absolute atomic E-state index is 0. The number of nitrogens with one attached hydrogen (secondary N) is 2. The van der Waals surface area contributed by atoms with Gasteiger partial charge in [0.05, 0.1) is 12.6 Å². The zero-order valence-electron chi connectivity index (χ0n) is 18.3. The third-order valence-corrected chi connectivity index (χ3v) is 6.14. The van der Waals surface area contributed by atoms with Crippen molar-refractivity contribution in [2.45, 2.75) is 45.6 Å². The summed E-state index contributed by atoms with van der Waals surface area (Å²) in [5, 5.41) is 7.08. The third kappa shape index (κ3) is 7.72. The minimum Gasteiger partial charge on any atom is -0.357 e. The zero-order chi connectivity index (χ0) is 19.6. The van der Waals surface area contributed by atoms with Crippen LogP contribution in [0.1, 0.15) is 51.1 Å². The van der Waals surface area contributed by atoms with Gasteiger partial charge < -0.3 is 15.5 Å². The highest BCUT2D eigenvalue weighted by Crippen LogP contribution is 2.25. The minimum atomic E-state index is 0. The molecule has 0 radical (unpaired) electrons. The average molecular weight is 514 g/mol. The molecule has 2 atom stereocenters. The molecule has 0 saturated carbocycles. The SMILES string of the molecule is CCNC(=NCC(c1ccccc1)N1CCCC1)NCC1CCCN(CC)C1.I. The van der Waals surface area contributed by atoms with Crippen molar-refractivity contribution in [1.29, 1.82) is 0 Å². The molecule has 2 heterocycles. The first-order valence-electron chi connectivity index (χ1n) is 11.3. The number of nitrogens with zero attached hydrogens (tertiary/aromatic N) is 3. The summed E-state index contributed by atoms with van der Waals surface area (Å²) in [5.74, 6) is 1.69. The number of benzene rings is 1. The predicted octanol–water partition coefficient (Wildman–Crippen LogP) is 3.73. The molecular weight excluding hydrogens is 473 g/mol. The second kappa shape index (κ2) is 13.4. The smallest absolute Gasteiger partial charge is 0.191 e. The molecule has 0 bridgehead atoms. The van der Waals surface area contributed by atoms with Crippen molar-refractivity contribution < 1.29 is 0 Å². The number of guanidine groups is 1. The standard InChI is InChI=1S/C23H39N5.HI/c1-3-24-23(25-17-20-11-10-14-27(4-2)19-20)26-18-22(28-15-8-9-16-28)21-12-6-5-7-13-21;/h5-7,12-13,20,22H,3-4,8-11,14-19H2,1-2H3,(H2,24,25,26);1H. The molecule has 0 amide bonds. The van der Waals surface area contributed by atoms with E-state index >= 15 is 0 Å². The number of rotatable bonds is 8. The van der Waals surface area contributed by atoms with Crippen LogP contribution < -0.4 is 10.6 Å². The van der Waals surface area contributed by atoms with Crippen molar-refractivity contribution in [3.8, 4) is 0 Å². The largest absolute Gasteiger partial charge is 0.357 e. The molecule has 2 fully saturated rings. The summed E-state index contributed by atoms with van der Waals surface area (Å²) in [6.45, 7) is 13.2. The summed E-state index contributed by atoms with van der Waals surface area (Å²) in [4.78, 5) is 10.2. The predicted molar refractivity (Wildman–Crippen MR) is 134 cm³/mol. The summed E-state index contributed by atoms with van der Waals surface area (Å²) in [7, 11) is 0. The van der Waals surface area contributed by atoms with Crippen LogP contribution in [0, 0.1) is 5.92 Å². The molecule has 5 nitrogen and oxygen atoms in total. The quantitative estimate of drug-likeness (QED) is 0.316. The molecule has 1 aromatic rings. The van der Waals surface area contributed by atoms with Gasteiger partial charge in [-0.05, 0) is 70.3 Å². The van der Waals surface area contributed by atoms with E-state index in [9.17, 15) is 0 Å². The lowest BCUT2D eigenvalue weighted by molar-refractivity contribution is 0.183. The van der Waals surface area contributed by atoms with Gasteiger partial charge in [-0.2, -0.15) is 0 Å². The maximum atomic E-state index is 5.00. The summed E-state index contributed by atoms with van der Waals surface area (Å²) in [5.41, 5.74) is 1.38. The van der Waals surface area contributed by atoms with E-state index in [-0.39, 0.29) is 24.0 Å². The van der Waals surface area contributed by atoms with Gasteiger partial charge in [-0.15, -0.1) is 24.0 Å². The van der Waals surface area contributed by atoms with Crippen LogP contribution in [0.3, 0.4) is 0 Å². The van der Waals surface area contributed by atoms with Crippen molar-refractivity contribution in [2.75, 3.05) is 52.4 Å². The van der Waals surface area contributed by atoms with E-state index in [1.807, 2.05) is 0 Å². The van der Waals surface area contributed by atoms with E-state index in [0.717, 1.165) is 31.5 Å². The van der Waals surface area contributed by atoms with Gasteiger partial charge in [-0.1, -0.05) is 37.3 Å². The Kier molecular flexibility index (Phi) is 11.3. The van der Waals surface area contributed by atoms with Gasteiger partial charge in [-0.25, -0.2) is 0 Å². The fourth-order valence-electron chi connectivity index (χ4n) is 4.53. The molecule has 2 saturated heterocycles. The number of hydrogen-bond donors (Lipinski definition) is 2. The number of aliphatic imine (C=N–C) groups is 1. The monoisotopic (exact) mass is 513 g/mol. The van der Waals surface area contributed by atoms with Gasteiger partial charge >= 0.3 is 0 Å². The molecule has 0 aliphatic carbocycles. The number of likely N-dealkylation sites (tertiary alicyclic amines) is 2. The van der Waals surface area contributed by atoms with Gasteiger partial charge in [0.25, 0.3) is 0 Å². The number of piperidine rings is 1. The van der Waals surface area contributed by atoms with Crippen LogP contribution in [0.4, 0.5) is 0 Å². The first-order valence-corrected chi connectivity index (χ1v) is 11.3. The Morgan fingerprint density at radius 3 is 2.52 bits per heavy atom. The lowest BCUT2D eigenvalue weighted by Gasteiger charge is -2.32. The maximum absolute atomic E-state index is 5.00. The molecule has 0 spiro atoms. The third-order valence-electron chi connectivity index (χ3n) is 6.14. The molecule has 2 aliphatic rings. The first-order chi connectivity index (χ1) is 13.8. The van der Waals surface area contributed by atoms with Gasteiger partial charge in [0.15, 0.2) is 5.96 Å². The van der Waals surface area contributed by atoms with Crippen LogP contribution in [0.15, 0.2) is 35.3 Å². The van der Waals surface area contributed by atoms with E-state index in [1.165, 1.54) is 64.0 Å². The average Bonchev–Trinajstić information content (AvgIpc) is 3.27. The van der Waals surface area contributed by atoms with Gasteiger partial charge in [-0.3, -0.25) is 9.89 Å². The van der Waals surface area contributed by atoms with E-state index in [2.05, 4.69) is 64.6 Å². The second-order valence-corrected chi connectivity index (χ2v) is 8.17. The molecule has 2 unspecified atom stereocenters. The van der Waals surface area contributed by atoms with Crippen LogP contribution in [0.5, 0.6) is 0 Å². The Bertz CT molecular complexity index is 588.